The SMILES string of the molecule is CC(C)(CO)[C@@H](N)c1ccc2ccccc2n1. The highest BCUT2D eigenvalue weighted by atomic mass is 16.3. The second-order valence-electron chi connectivity index (χ2n) is 5.05. The molecule has 0 fully saturated rings. The number of aliphatic hydroxyl groups is 1. The van der Waals surface area contributed by atoms with Gasteiger partial charge in [0, 0.05) is 10.8 Å². The number of rotatable bonds is 3. The monoisotopic (exact) mass is 230 g/mol. The first kappa shape index (κ1) is 12.0. The fourth-order valence-corrected chi connectivity index (χ4v) is 1.75. The molecule has 0 bridgehead atoms. The molecular weight excluding hydrogens is 212 g/mol. The van der Waals surface area contributed by atoms with Crippen molar-refractivity contribution in [3.05, 3.63) is 42.1 Å². The molecule has 0 unspecified atom stereocenters. The lowest BCUT2D eigenvalue weighted by atomic mass is 9.84. The molecule has 0 aliphatic carbocycles. The topological polar surface area (TPSA) is 59.1 Å². The van der Waals surface area contributed by atoms with Gasteiger partial charge in [0.05, 0.1) is 23.9 Å². The van der Waals surface area contributed by atoms with Crippen molar-refractivity contribution in [2.24, 2.45) is 11.1 Å². The Kier molecular flexibility index (Phi) is 3.13. The van der Waals surface area contributed by atoms with Gasteiger partial charge < -0.3 is 10.8 Å². The van der Waals surface area contributed by atoms with Crippen molar-refractivity contribution in [2.75, 3.05) is 6.61 Å². The Morgan fingerprint density at radius 2 is 1.94 bits per heavy atom. The molecule has 2 aromatic rings. The van der Waals surface area contributed by atoms with E-state index in [2.05, 4.69) is 4.98 Å². The van der Waals surface area contributed by atoms with Gasteiger partial charge in [0.2, 0.25) is 0 Å². The number of nitrogens with two attached hydrogens (primary N) is 1. The largest absolute Gasteiger partial charge is 0.396 e. The van der Waals surface area contributed by atoms with Crippen molar-refractivity contribution in [3.63, 3.8) is 0 Å². The van der Waals surface area contributed by atoms with E-state index in [0.717, 1.165) is 16.6 Å². The third kappa shape index (κ3) is 2.30. The lowest BCUT2D eigenvalue weighted by Crippen LogP contribution is -2.33. The first-order chi connectivity index (χ1) is 8.04. The molecule has 3 nitrogen and oxygen atoms in total. The van der Waals surface area contributed by atoms with Crippen LogP contribution >= 0.6 is 0 Å². The Morgan fingerprint density at radius 1 is 1.24 bits per heavy atom. The van der Waals surface area contributed by atoms with E-state index in [0.29, 0.717) is 0 Å². The van der Waals surface area contributed by atoms with Gasteiger partial charge in [-0.05, 0) is 12.1 Å². The number of pyridine rings is 1. The normalized spacial score (nSPS) is 13.9. The van der Waals surface area contributed by atoms with Crippen molar-refractivity contribution >= 4 is 10.9 Å². The molecule has 17 heavy (non-hydrogen) atoms. The zero-order valence-corrected chi connectivity index (χ0v) is 10.2. The molecule has 0 saturated heterocycles. The predicted molar refractivity (Wildman–Crippen MR) is 69.5 cm³/mol. The fourth-order valence-electron chi connectivity index (χ4n) is 1.75. The summed E-state index contributed by atoms with van der Waals surface area (Å²) in [5.41, 5.74) is 7.55. The number of aromatic nitrogens is 1. The maximum atomic E-state index is 9.33. The van der Waals surface area contributed by atoms with Crippen LogP contribution in [0.1, 0.15) is 25.6 Å². The van der Waals surface area contributed by atoms with Gasteiger partial charge in [-0.3, -0.25) is 4.98 Å². The van der Waals surface area contributed by atoms with Crippen LogP contribution in [0.2, 0.25) is 0 Å². The van der Waals surface area contributed by atoms with Crippen molar-refractivity contribution in [1.29, 1.82) is 0 Å². The summed E-state index contributed by atoms with van der Waals surface area (Å²) in [7, 11) is 0. The fraction of sp³-hybridized carbons (Fsp3) is 0.357. The van der Waals surface area contributed by atoms with Gasteiger partial charge >= 0.3 is 0 Å². The van der Waals surface area contributed by atoms with Crippen molar-refractivity contribution < 1.29 is 5.11 Å². The minimum atomic E-state index is -0.366. The van der Waals surface area contributed by atoms with E-state index in [1.165, 1.54) is 0 Å². The third-order valence-electron chi connectivity index (χ3n) is 3.19. The number of aliphatic hydroxyl groups excluding tert-OH is 1. The third-order valence-corrected chi connectivity index (χ3v) is 3.19. The van der Waals surface area contributed by atoms with Crippen molar-refractivity contribution in [3.8, 4) is 0 Å². The molecule has 90 valence electrons. The number of fused-ring (bicyclic) bond motifs is 1. The van der Waals surface area contributed by atoms with Gasteiger partial charge in [-0.15, -0.1) is 0 Å². The maximum Gasteiger partial charge on any atom is 0.0706 e. The Labute approximate surface area is 101 Å². The second-order valence-corrected chi connectivity index (χ2v) is 5.05. The summed E-state index contributed by atoms with van der Waals surface area (Å²) in [4.78, 5) is 4.55. The number of para-hydroxylation sites is 1. The van der Waals surface area contributed by atoms with E-state index < -0.39 is 0 Å². The number of hydrogen-bond acceptors (Lipinski definition) is 3. The molecule has 0 radical (unpaired) electrons. The van der Waals surface area contributed by atoms with E-state index in [-0.39, 0.29) is 18.1 Å². The lowest BCUT2D eigenvalue weighted by Gasteiger charge is -2.29. The Balaban J connectivity index is 2.43. The Hall–Kier alpha value is -1.45. The van der Waals surface area contributed by atoms with Crippen LogP contribution in [0.25, 0.3) is 10.9 Å². The summed E-state index contributed by atoms with van der Waals surface area (Å²) >= 11 is 0. The minimum Gasteiger partial charge on any atom is -0.396 e. The van der Waals surface area contributed by atoms with Crippen LogP contribution in [-0.2, 0) is 0 Å². The Morgan fingerprint density at radius 3 is 2.65 bits per heavy atom. The molecule has 0 aliphatic heterocycles. The highest BCUT2D eigenvalue weighted by Crippen LogP contribution is 2.30. The predicted octanol–water partition coefficient (Wildman–Crippen LogP) is 2.25. The van der Waals surface area contributed by atoms with Gasteiger partial charge in [0.25, 0.3) is 0 Å². The highest BCUT2D eigenvalue weighted by molar-refractivity contribution is 5.78. The van der Waals surface area contributed by atoms with Crippen LogP contribution in [0.3, 0.4) is 0 Å². The van der Waals surface area contributed by atoms with Crippen LogP contribution in [-0.4, -0.2) is 16.7 Å². The number of nitrogens with zero attached hydrogens (tertiary/aromatic N) is 1. The van der Waals surface area contributed by atoms with Gasteiger partial charge in [0.15, 0.2) is 0 Å². The molecule has 1 atom stereocenters. The molecule has 1 aromatic carbocycles. The van der Waals surface area contributed by atoms with Gasteiger partial charge in [-0.25, -0.2) is 0 Å². The van der Waals surface area contributed by atoms with Gasteiger partial charge in [0.1, 0.15) is 0 Å². The van der Waals surface area contributed by atoms with E-state index >= 15 is 0 Å². The Bertz CT molecular complexity index is 522. The molecule has 1 aromatic heterocycles. The zero-order valence-electron chi connectivity index (χ0n) is 10.2. The summed E-state index contributed by atoms with van der Waals surface area (Å²) in [5, 5.41) is 10.4. The molecule has 2 rings (SSSR count). The van der Waals surface area contributed by atoms with Crippen LogP contribution in [0.5, 0.6) is 0 Å². The van der Waals surface area contributed by atoms with E-state index in [9.17, 15) is 5.11 Å². The molecule has 0 spiro atoms. The summed E-state index contributed by atoms with van der Waals surface area (Å²) in [5.74, 6) is 0. The maximum absolute atomic E-state index is 9.33. The molecule has 1 heterocycles. The average Bonchev–Trinajstić information content (AvgIpc) is 2.37. The molecule has 3 N–H and O–H groups in total. The highest BCUT2D eigenvalue weighted by Gasteiger charge is 2.27. The quantitative estimate of drug-likeness (QED) is 0.850. The number of benzene rings is 1. The van der Waals surface area contributed by atoms with E-state index in [1.54, 1.807) is 0 Å². The number of hydrogen-bond donors (Lipinski definition) is 2. The van der Waals surface area contributed by atoms with Gasteiger partial charge in [-0.1, -0.05) is 38.1 Å². The molecular formula is C14H18N2O. The summed E-state index contributed by atoms with van der Waals surface area (Å²) in [6.45, 7) is 3.92. The van der Waals surface area contributed by atoms with Crippen molar-refractivity contribution in [1.82, 2.24) is 4.98 Å². The lowest BCUT2D eigenvalue weighted by molar-refractivity contribution is 0.131. The molecule has 3 heteroatoms. The summed E-state index contributed by atoms with van der Waals surface area (Å²) in [6, 6.07) is 11.6. The van der Waals surface area contributed by atoms with Crippen LogP contribution in [0.15, 0.2) is 36.4 Å². The summed E-state index contributed by atoms with van der Waals surface area (Å²) in [6.07, 6.45) is 0. The van der Waals surface area contributed by atoms with Crippen LogP contribution in [0, 0.1) is 5.41 Å². The first-order valence-corrected chi connectivity index (χ1v) is 5.77. The van der Waals surface area contributed by atoms with Crippen LogP contribution in [0.4, 0.5) is 0 Å². The van der Waals surface area contributed by atoms with Crippen LogP contribution < -0.4 is 5.73 Å². The average molecular weight is 230 g/mol. The molecule has 0 saturated carbocycles. The smallest absolute Gasteiger partial charge is 0.0706 e. The van der Waals surface area contributed by atoms with Crippen molar-refractivity contribution in [2.45, 2.75) is 19.9 Å². The second kappa shape index (κ2) is 4.43. The molecule has 0 aliphatic rings. The van der Waals surface area contributed by atoms with E-state index in [4.69, 9.17) is 5.73 Å². The zero-order chi connectivity index (χ0) is 12.5. The van der Waals surface area contributed by atoms with E-state index in [1.807, 2.05) is 50.2 Å². The first-order valence-electron chi connectivity index (χ1n) is 5.77. The van der Waals surface area contributed by atoms with Gasteiger partial charge in [-0.2, -0.15) is 0 Å². The standard InChI is InChI=1S/C14H18N2O/c1-14(2,9-17)13(15)12-8-7-10-5-3-4-6-11(10)16-12/h3-8,13,17H,9,15H2,1-2H3/t13-/m0/s1. The minimum absolute atomic E-state index is 0.0443. The molecule has 0 amide bonds. The summed E-state index contributed by atoms with van der Waals surface area (Å²) < 4.78 is 0.